The molecular weight excluding hydrogens is 200 g/mol. The van der Waals surface area contributed by atoms with Crippen molar-refractivity contribution in [1.29, 1.82) is 0 Å². The maximum Gasteiger partial charge on any atom is 0.122 e. The highest BCUT2D eigenvalue weighted by Crippen LogP contribution is 2.43. The number of fused-ring (bicyclic) bond motifs is 3. The Morgan fingerprint density at radius 1 is 1.44 bits per heavy atom. The maximum atomic E-state index is 9.36. The van der Waals surface area contributed by atoms with E-state index in [1.807, 2.05) is 0 Å². The van der Waals surface area contributed by atoms with Gasteiger partial charge in [0.2, 0.25) is 0 Å². The molecule has 0 spiro atoms. The van der Waals surface area contributed by atoms with Gasteiger partial charge >= 0.3 is 0 Å². The molecule has 1 aromatic rings. The van der Waals surface area contributed by atoms with Crippen molar-refractivity contribution in [1.82, 2.24) is 0 Å². The summed E-state index contributed by atoms with van der Waals surface area (Å²) < 4.78 is 5.59. The van der Waals surface area contributed by atoms with E-state index in [4.69, 9.17) is 4.74 Å². The lowest BCUT2D eigenvalue weighted by Gasteiger charge is -2.13. The number of aliphatic hydroxyl groups is 1. The highest BCUT2D eigenvalue weighted by atomic mass is 16.5. The maximum absolute atomic E-state index is 9.36. The molecular formula is C14H16O2. The largest absolute Gasteiger partial charge is 0.513 e. The number of allylic oxidation sites excluding steroid dienone is 1. The standard InChI is InChI=1S/C14H16O2/c1-9(15)8-11-3-2-10-4-5-13-12(14(10)11)6-7-16-13/h4-5,11,15H,1-3,6-8H2/t11-/m0/s1. The summed E-state index contributed by atoms with van der Waals surface area (Å²) in [5.74, 6) is 1.80. The van der Waals surface area contributed by atoms with Gasteiger partial charge in [-0.25, -0.2) is 0 Å². The average Bonchev–Trinajstić information content (AvgIpc) is 2.82. The molecule has 0 amide bonds. The second-order valence-electron chi connectivity index (χ2n) is 4.72. The normalized spacial score (nSPS) is 21.4. The van der Waals surface area contributed by atoms with E-state index >= 15 is 0 Å². The predicted molar refractivity (Wildman–Crippen MR) is 63.1 cm³/mol. The Morgan fingerprint density at radius 2 is 2.31 bits per heavy atom. The predicted octanol–water partition coefficient (Wildman–Crippen LogP) is 3.11. The number of benzene rings is 1. The molecule has 0 bridgehead atoms. The summed E-state index contributed by atoms with van der Waals surface area (Å²) in [7, 11) is 0. The lowest BCUT2D eigenvalue weighted by molar-refractivity contribution is 0.357. The van der Waals surface area contributed by atoms with E-state index in [9.17, 15) is 5.11 Å². The Labute approximate surface area is 95.6 Å². The summed E-state index contributed by atoms with van der Waals surface area (Å²) in [6.07, 6.45) is 3.97. The first kappa shape index (κ1) is 9.76. The molecule has 2 nitrogen and oxygen atoms in total. The lowest BCUT2D eigenvalue weighted by atomic mass is 9.91. The first-order valence-corrected chi connectivity index (χ1v) is 5.90. The Hall–Kier alpha value is -1.44. The Kier molecular flexibility index (Phi) is 2.16. The highest BCUT2D eigenvalue weighted by Gasteiger charge is 2.29. The minimum Gasteiger partial charge on any atom is -0.513 e. The van der Waals surface area contributed by atoms with Crippen LogP contribution in [0.15, 0.2) is 24.5 Å². The van der Waals surface area contributed by atoms with E-state index in [1.165, 1.54) is 16.7 Å². The van der Waals surface area contributed by atoms with Crippen molar-refractivity contribution in [2.24, 2.45) is 0 Å². The van der Waals surface area contributed by atoms with Gasteiger partial charge in [-0.1, -0.05) is 12.6 Å². The summed E-state index contributed by atoms with van der Waals surface area (Å²) in [5, 5.41) is 9.36. The number of aryl methyl sites for hydroxylation is 1. The third-order valence-electron chi connectivity index (χ3n) is 3.67. The number of ether oxygens (including phenoxy) is 1. The van der Waals surface area contributed by atoms with Crippen LogP contribution in [0.25, 0.3) is 0 Å². The molecule has 0 radical (unpaired) electrons. The van der Waals surface area contributed by atoms with Gasteiger partial charge in [0.1, 0.15) is 5.75 Å². The molecule has 3 rings (SSSR count). The van der Waals surface area contributed by atoms with Crippen molar-refractivity contribution in [3.8, 4) is 5.75 Å². The van der Waals surface area contributed by atoms with Gasteiger partial charge in [0.05, 0.1) is 12.4 Å². The zero-order chi connectivity index (χ0) is 11.1. The highest BCUT2D eigenvalue weighted by molar-refractivity contribution is 5.51. The topological polar surface area (TPSA) is 29.5 Å². The molecule has 1 N–H and O–H groups in total. The summed E-state index contributed by atoms with van der Waals surface area (Å²) in [6.45, 7) is 4.41. The molecule has 1 aliphatic carbocycles. The minimum absolute atomic E-state index is 0.300. The fourth-order valence-corrected chi connectivity index (χ4v) is 3.04. The molecule has 1 heterocycles. The molecule has 1 atom stereocenters. The van der Waals surface area contributed by atoms with Crippen molar-refractivity contribution in [2.45, 2.75) is 31.6 Å². The number of rotatable bonds is 2. The molecule has 0 saturated carbocycles. The van der Waals surface area contributed by atoms with Crippen molar-refractivity contribution in [3.05, 3.63) is 41.2 Å². The molecule has 1 aromatic carbocycles. The van der Waals surface area contributed by atoms with E-state index in [0.29, 0.717) is 18.1 Å². The molecule has 0 saturated heterocycles. The minimum atomic E-state index is 0.300. The van der Waals surface area contributed by atoms with Crippen molar-refractivity contribution in [2.75, 3.05) is 6.61 Å². The van der Waals surface area contributed by atoms with Crippen LogP contribution in [-0.2, 0) is 12.8 Å². The van der Waals surface area contributed by atoms with Gasteiger partial charge in [-0.2, -0.15) is 0 Å². The quantitative estimate of drug-likeness (QED) is 0.770. The SMILES string of the molecule is C=C(O)C[C@@H]1CCc2ccc3c(c21)CCO3. The van der Waals surface area contributed by atoms with Crippen LogP contribution in [0.2, 0.25) is 0 Å². The van der Waals surface area contributed by atoms with Crippen LogP contribution in [-0.4, -0.2) is 11.7 Å². The smallest absolute Gasteiger partial charge is 0.122 e. The Bertz CT molecular complexity index is 448. The first-order valence-electron chi connectivity index (χ1n) is 5.90. The van der Waals surface area contributed by atoms with Crippen LogP contribution in [0.4, 0.5) is 0 Å². The van der Waals surface area contributed by atoms with E-state index in [-0.39, 0.29) is 0 Å². The van der Waals surface area contributed by atoms with Gasteiger partial charge in [-0.05, 0) is 36.0 Å². The summed E-state index contributed by atoms with van der Waals surface area (Å²) in [5.41, 5.74) is 4.25. The zero-order valence-electron chi connectivity index (χ0n) is 9.33. The summed E-state index contributed by atoms with van der Waals surface area (Å²) in [6, 6.07) is 4.27. The molecule has 16 heavy (non-hydrogen) atoms. The third-order valence-corrected chi connectivity index (χ3v) is 3.67. The van der Waals surface area contributed by atoms with Crippen LogP contribution >= 0.6 is 0 Å². The Morgan fingerprint density at radius 3 is 3.12 bits per heavy atom. The molecule has 0 aromatic heterocycles. The van der Waals surface area contributed by atoms with E-state index in [2.05, 4.69) is 18.7 Å². The van der Waals surface area contributed by atoms with Crippen LogP contribution in [0.5, 0.6) is 5.75 Å². The van der Waals surface area contributed by atoms with Gasteiger partial charge in [0.25, 0.3) is 0 Å². The second kappa shape index (κ2) is 3.55. The molecule has 1 aliphatic heterocycles. The van der Waals surface area contributed by atoms with Crippen LogP contribution < -0.4 is 4.74 Å². The fraction of sp³-hybridized carbons (Fsp3) is 0.429. The number of aliphatic hydroxyl groups excluding tert-OH is 1. The van der Waals surface area contributed by atoms with Crippen LogP contribution in [0, 0.1) is 0 Å². The Balaban J connectivity index is 2.03. The van der Waals surface area contributed by atoms with Crippen LogP contribution in [0.3, 0.4) is 0 Å². The summed E-state index contributed by atoms with van der Waals surface area (Å²) >= 11 is 0. The first-order chi connectivity index (χ1) is 7.75. The lowest BCUT2D eigenvalue weighted by Crippen LogP contribution is -1.99. The number of hydrogen-bond acceptors (Lipinski definition) is 2. The molecule has 84 valence electrons. The van der Waals surface area contributed by atoms with Gasteiger partial charge in [-0.3, -0.25) is 0 Å². The second-order valence-corrected chi connectivity index (χ2v) is 4.72. The monoisotopic (exact) mass is 216 g/mol. The average molecular weight is 216 g/mol. The van der Waals surface area contributed by atoms with E-state index in [0.717, 1.165) is 31.6 Å². The van der Waals surface area contributed by atoms with E-state index in [1.54, 1.807) is 0 Å². The third kappa shape index (κ3) is 1.41. The van der Waals surface area contributed by atoms with Crippen molar-refractivity contribution >= 4 is 0 Å². The van der Waals surface area contributed by atoms with Crippen LogP contribution in [0.1, 0.15) is 35.4 Å². The van der Waals surface area contributed by atoms with Gasteiger partial charge < -0.3 is 9.84 Å². The fourth-order valence-electron chi connectivity index (χ4n) is 3.04. The number of hydrogen-bond donors (Lipinski definition) is 1. The van der Waals surface area contributed by atoms with E-state index < -0.39 is 0 Å². The van der Waals surface area contributed by atoms with Crippen molar-refractivity contribution < 1.29 is 9.84 Å². The van der Waals surface area contributed by atoms with Gasteiger partial charge in [0, 0.05) is 18.4 Å². The van der Waals surface area contributed by atoms with Crippen molar-refractivity contribution in [3.63, 3.8) is 0 Å². The zero-order valence-corrected chi connectivity index (χ0v) is 9.33. The van der Waals surface area contributed by atoms with Gasteiger partial charge in [-0.15, -0.1) is 0 Å². The van der Waals surface area contributed by atoms with Gasteiger partial charge in [0.15, 0.2) is 0 Å². The molecule has 0 fully saturated rings. The molecule has 2 heteroatoms. The molecule has 2 aliphatic rings. The summed E-state index contributed by atoms with van der Waals surface area (Å²) in [4.78, 5) is 0. The molecule has 0 unspecified atom stereocenters.